The molecule has 17 heavy (non-hydrogen) atoms. The maximum Gasteiger partial charge on any atom is 0.229 e. The fourth-order valence-corrected chi connectivity index (χ4v) is 1.89. The lowest BCUT2D eigenvalue weighted by Crippen LogP contribution is -2.36. The number of hydrogen-bond donors (Lipinski definition) is 1. The van der Waals surface area contributed by atoms with Crippen molar-refractivity contribution in [2.24, 2.45) is 0 Å². The number of carbonyl (C=O) groups excluding carboxylic acids is 1. The Morgan fingerprint density at radius 3 is 2.53 bits per heavy atom. The third-order valence-corrected chi connectivity index (χ3v) is 2.98. The first-order chi connectivity index (χ1) is 8.20. The summed E-state index contributed by atoms with van der Waals surface area (Å²) in [4.78, 5) is 14.1. The summed E-state index contributed by atoms with van der Waals surface area (Å²) in [6.07, 6.45) is 0.840. The zero-order valence-electron chi connectivity index (χ0n) is 10.9. The van der Waals surface area contributed by atoms with Crippen molar-refractivity contribution in [3.05, 3.63) is 35.9 Å². The minimum Gasteiger partial charge on any atom is -0.344 e. The summed E-state index contributed by atoms with van der Waals surface area (Å²) < 4.78 is 0. The van der Waals surface area contributed by atoms with Crippen LogP contribution in [0, 0.1) is 0 Å². The van der Waals surface area contributed by atoms with Crippen molar-refractivity contribution in [3.63, 3.8) is 0 Å². The van der Waals surface area contributed by atoms with E-state index in [1.807, 2.05) is 44.4 Å². The molecule has 0 bridgehead atoms. The lowest BCUT2D eigenvalue weighted by molar-refractivity contribution is -0.131. The predicted octanol–water partition coefficient (Wildman–Crippen LogP) is 1.86. The molecule has 0 aliphatic rings. The van der Waals surface area contributed by atoms with Gasteiger partial charge in [-0.25, -0.2) is 0 Å². The van der Waals surface area contributed by atoms with E-state index in [9.17, 15) is 4.79 Å². The maximum absolute atomic E-state index is 12.3. The SMILES string of the molecule is CCC(C(=O)N(C)CCNC)c1ccccc1. The molecule has 0 radical (unpaired) electrons. The van der Waals surface area contributed by atoms with Crippen LogP contribution in [-0.4, -0.2) is 38.0 Å². The van der Waals surface area contributed by atoms with Crippen LogP contribution in [0.25, 0.3) is 0 Å². The minimum absolute atomic E-state index is 0.0157. The van der Waals surface area contributed by atoms with E-state index in [1.165, 1.54) is 0 Å². The second kappa shape index (κ2) is 7.07. The van der Waals surface area contributed by atoms with Crippen LogP contribution in [0.1, 0.15) is 24.8 Å². The van der Waals surface area contributed by atoms with E-state index in [-0.39, 0.29) is 11.8 Å². The van der Waals surface area contributed by atoms with E-state index in [1.54, 1.807) is 4.90 Å². The molecule has 94 valence electrons. The molecule has 1 aromatic carbocycles. The van der Waals surface area contributed by atoms with Gasteiger partial charge in [0.05, 0.1) is 5.92 Å². The highest BCUT2D eigenvalue weighted by Crippen LogP contribution is 2.21. The van der Waals surface area contributed by atoms with Gasteiger partial charge in [-0.1, -0.05) is 37.3 Å². The van der Waals surface area contributed by atoms with Crippen molar-refractivity contribution in [2.75, 3.05) is 27.2 Å². The summed E-state index contributed by atoms with van der Waals surface area (Å²) in [6.45, 7) is 3.63. The Labute approximate surface area is 104 Å². The minimum atomic E-state index is -0.0157. The fourth-order valence-electron chi connectivity index (χ4n) is 1.89. The first-order valence-corrected chi connectivity index (χ1v) is 6.15. The summed E-state index contributed by atoms with van der Waals surface area (Å²) in [6, 6.07) is 10.00. The quantitative estimate of drug-likeness (QED) is 0.815. The van der Waals surface area contributed by atoms with Crippen LogP contribution in [-0.2, 0) is 4.79 Å². The van der Waals surface area contributed by atoms with Crippen molar-refractivity contribution >= 4 is 5.91 Å². The van der Waals surface area contributed by atoms with Gasteiger partial charge in [0.15, 0.2) is 0 Å². The highest BCUT2D eigenvalue weighted by atomic mass is 16.2. The molecule has 0 aliphatic heterocycles. The lowest BCUT2D eigenvalue weighted by atomic mass is 9.95. The zero-order valence-corrected chi connectivity index (χ0v) is 10.9. The molecule has 1 N–H and O–H groups in total. The van der Waals surface area contributed by atoms with E-state index in [2.05, 4.69) is 12.2 Å². The Balaban J connectivity index is 2.71. The van der Waals surface area contributed by atoms with E-state index in [0.717, 1.165) is 25.1 Å². The zero-order chi connectivity index (χ0) is 12.7. The molecule has 0 saturated heterocycles. The molecule has 0 aromatic heterocycles. The highest BCUT2D eigenvalue weighted by Gasteiger charge is 2.21. The number of nitrogens with zero attached hydrogens (tertiary/aromatic N) is 1. The Bertz CT molecular complexity index is 337. The van der Waals surface area contributed by atoms with E-state index < -0.39 is 0 Å². The average molecular weight is 234 g/mol. The molecule has 0 heterocycles. The molecule has 1 unspecified atom stereocenters. The summed E-state index contributed by atoms with van der Waals surface area (Å²) in [5.74, 6) is 0.187. The molecule has 1 aromatic rings. The van der Waals surface area contributed by atoms with Crippen LogP contribution in [0.4, 0.5) is 0 Å². The van der Waals surface area contributed by atoms with E-state index >= 15 is 0 Å². The number of amides is 1. The first kappa shape index (κ1) is 13.7. The topological polar surface area (TPSA) is 32.3 Å². The van der Waals surface area contributed by atoms with Gasteiger partial charge < -0.3 is 10.2 Å². The first-order valence-electron chi connectivity index (χ1n) is 6.15. The molecule has 1 rings (SSSR count). The number of benzene rings is 1. The van der Waals surface area contributed by atoms with E-state index in [4.69, 9.17) is 0 Å². The molecule has 0 saturated carbocycles. The number of nitrogens with one attached hydrogen (secondary N) is 1. The average Bonchev–Trinajstić information content (AvgIpc) is 2.38. The monoisotopic (exact) mass is 234 g/mol. The second-order valence-electron chi connectivity index (χ2n) is 4.23. The summed E-state index contributed by atoms with van der Waals surface area (Å²) in [7, 11) is 3.76. The third-order valence-electron chi connectivity index (χ3n) is 2.98. The highest BCUT2D eigenvalue weighted by molar-refractivity contribution is 5.83. The molecular weight excluding hydrogens is 212 g/mol. The molecule has 3 heteroatoms. The Hall–Kier alpha value is -1.35. The van der Waals surface area contributed by atoms with Gasteiger partial charge in [0, 0.05) is 20.1 Å². The van der Waals surface area contributed by atoms with E-state index in [0.29, 0.717) is 0 Å². The van der Waals surface area contributed by atoms with Crippen molar-refractivity contribution in [1.29, 1.82) is 0 Å². The number of hydrogen-bond acceptors (Lipinski definition) is 2. The van der Waals surface area contributed by atoms with Crippen LogP contribution in [0.5, 0.6) is 0 Å². The Kier molecular flexibility index (Phi) is 5.70. The van der Waals surface area contributed by atoms with Gasteiger partial charge in [0.2, 0.25) is 5.91 Å². The van der Waals surface area contributed by atoms with Crippen LogP contribution in [0.3, 0.4) is 0 Å². The predicted molar refractivity (Wildman–Crippen MR) is 71.0 cm³/mol. The molecular formula is C14H22N2O. The second-order valence-corrected chi connectivity index (χ2v) is 4.23. The molecule has 0 aliphatic carbocycles. The third kappa shape index (κ3) is 3.86. The normalized spacial score (nSPS) is 12.2. The van der Waals surface area contributed by atoms with Crippen molar-refractivity contribution in [2.45, 2.75) is 19.3 Å². The lowest BCUT2D eigenvalue weighted by Gasteiger charge is -2.23. The summed E-state index contributed by atoms with van der Waals surface area (Å²) >= 11 is 0. The van der Waals surface area contributed by atoms with Gasteiger partial charge in [0.1, 0.15) is 0 Å². The van der Waals surface area contributed by atoms with Crippen LogP contribution < -0.4 is 5.32 Å². The molecule has 1 amide bonds. The Morgan fingerprint density at radius 2 is 2.00 bits per heavy atom. The Morgan fingerprint density at radius 1 is 1.35 bits per heavy atom. The maximum atomic E-state index is 12.3. The van der Waals surface area contributed by atoms with Crippen molar-refractivity contribution in [1.82, 2.24) is 10.2 Å². The molecule has 1 atom stereocenters. The van der Waals surface area contributed by atoms with Gasteiger partial charge in [-0.2, -0.15) is 0 Å². The van der Waals surface area contributed by atoms with Gasteiger partial charge in [-0.15, -0.1) is 0 Å². The number of rotatable bonds is 6. The molecule has 0 fully saturated rings. The standard InChI is InChI=1S/C14H22N2O/c1-4-13(12-8-6-5-7-9-12)14(17)16(3)11-10-15-2/h5-9,13,15H,4,10-11H2,1-3H3. The van der Waals surface area contributed by atoms with Crippen LogP contribution in [0.15, 0.2) is 30.3 Å². The molecule has 0 spiro atoms. The largest absolute Gasteiger partial charge is 0.344 e. The van der Waals surface area contributed by atoms with Gasteiger partial charge >= 0.3 is 0 Å². The van der Waals surface area contributed by atoms with Gasteiger partial charge in [-0.3, -0.25) is 4.79 Å². The van der Waals surface area contributed by atoms with Crippen LogP contribution in [0.2, 0.25) is 0 Å². The van der Waals surface area contributed by atoms with Crippen molar-refractivity contribution < 1.29 is 4.79 Å². The van der Waals surface area contributed by atoms with Gasteiger partial charge in [-0.05, 0) is 19.0 Å². The summed E-state index contributed by atoms with van der Waals surface area (Å²) in [5, 5.41) is 3.06. The van der Waals surface area contributed by atoms with Crippen LogP contribution >= 0.6 is 0 Å². The number of carbonyl (C=O) groups is 1. The molecule has 3 nitrogen and oxygen atoms in total. The number of likely N-dealkylation sites (N-methyl/N-ethyl adjacent to an activating group) is 2. The smallest absolute Gasteiger partial charge is 0.229 e. The van der Waals surface area contributed by atoms with Crippen molar-refractivity contribution in [3.8, 4) is 0 Å². The summed E-state index contributed by atoms with van der Waals surface area (Å²) in [5.41, 5.74) is 1.11. The fraction of sp³-hybridized carbons (Fsp3) is 0.500. The van der Waals surface area contributed by atoms with Gasteiger partial charge in [0.25, 0.3) is 0 Å².